The van der Waals surface area contributed by atoms with Crippen LogP contribution in [0.25, 0.3) is 11.1 Å². The van der Waals surface area contributed by atoms with Gasteiger partial charge in [-0.1, -0.05) is 0 Å². The molecule has 0 bridgehead atoms. The Labute approximate surface area is 83.4 Å². The summed E-state index contributed by atoms with van der Waals surface area (Å²) in [4.78, 5) is 4.01. The van der Waals surface area contributed by atoms with Crippen LogP contribution in [-0.4, -0.2) is 14.8 Å². The second-order valence-corrected chi connectivity index (χ2v) is 3.41. The highest BCUT2D eigenvalue weighted by Crippen LogP contribution is 2.25. The van der Waals surface area contributed by atoms with Crippen molar-refractivity contribution in [3.8, 4) is 11.1 Å². The second kappa shape index (κ2) is 3.25. The van der Waals surface area contributed by atoms with E-state index in [1.165, 1.54) is 16.8 Å². The van der Waals surface area contributed by atoms with Gasteiger partial charge < -0.3 is 0 Å². The molecule has 0 fully saturated rings. The Morgan fingerprint density at radius 2 is 1.79 bits per heavy atom. The summed E-state index contributed by atoms with van der Waals surface area (Å²) in [6.45, 7) is 4.11. The zero-order valence-electron chi connectivity index (χ0n) is 8.65. The molecule has 0 spiro atoms. The van der Waals surface area contributed by atoms with E-state index in [-0.39, 0.29) is 0 Å². The van der Waals surface area contributed by atoms with E-state index in [1.807, 2.05) is 30.8 Å². The number of rotatable bonds is 1. The van der Waals surface area contributed by atoms with Gasteiger partial charge in [0.2, 0.25) is 0 Å². The van der Waals surface area contributed by atoms with Crippen LogP contribution in [0.2, 0.25) is 0 Å². The van der Waals surface area contributed by atoms with Crippen molar-refractivity contribution in [3.63, 3.8) is 0 Å². The monoisotopic (exact) mass is 187 g/mol. The highest BCUT2D eigenvalue weighted by atomic mass is 15.3. The average Bonchev–Trinajstić information content (AvgIpc) is 2.43. The van der Waals surface area contributed by atoms with Crippen LogP contribution in [0.15, 0.2) is 24.5 Å². The van der Waals surface area contributed by atoms with E-state index in [0.29, 0.717) is 0 Å². The van der Waals surface area contributed by atoms with E-state index < -0.39 is 0 Å². The highest BCUT2D eigenvalue weighted by Gasteiger charge is 2.10. The van der Waals surface area contributed by atoms with E-state index in [9.17, 15) is 0 Å². The fraction of sp³-hybridized carbons (Fsp3) is 0.273. The van der Waals surface area contributed by atoms with E-state index in [2.05, 4.69) is 17.0 Å². The minimum absolute atomic E-state index is 1.07. The number of pyridine rings is 1. The summed E-state index contributed by atoms with van der Waals surface area (Å²) in [6, 6.07) is 4.02. The molecule has 0 radical (unpaired) electrons. The fourth-order valence-corrected chi connectivity index (χ4v) is 1.71. The van der Waals surface area contributed by atoms with Crippen molar-refractivity contribution in [1.82, 2.24) is 14.8 Å². The van der Waals surface area contributed by atoms with Crippen molar-refractivity contribution >= 4 is 0 Å². The van der Waals surface area contributed by atoms with Crippen LogP contribution in [0.1, 0.15) is 11.4 Å². The number of nitrogens with zero attached hydrogens (tertiary/aromatic N) is 3. The second-order valence-electron chi connectivity index (χ2n) is 3.41. The fourth-order valence-electron chi connectivity index (χ4n) is 1.71. The van der Waals surface area contributed by atoms with E-state index >= 15 is 0 Å². The van der Waals surface area contributed by atoms with Crippen molar-refractivity contribution in [3.05, 3.63) is 35.9 Å². The van der Waals surface area contributed by atoms with Gasteiger partial charge in [-0.25, -0.2) is 0 Å². The summed E-state index contributed by atoms with van der Waals surface area (Å²) in [5.41, 5.74) is 4.66. The van der Waals surface area contributed by atoms with Gasteiger partial charge in [-0.05, 0) is 31.5 Å². The van der Waals surface area contributed by atoms with Crippen LogP contribution in [0, 0.1) is 13.8 Å². The quantitative estimate of drug-likeness (QED) is 0.684. The number of hydrogen-bond acceptors (Lipinski definition) is 2. The smallest absolute Gasteiger partial charge is 0.0674 e. The first-order valence-corrected chi connectivity index (χ1v) is 4.60. The standard InChI is InChI=1S/C11H13N3/c1-8-11(9(2)14(3)13-8)10-4-6-12-7-5-10/h4-7H,1-3H3. The van der Waals surface area contributed by atoms with Gasteiger partial charge >= 0.3 is 0 Å². The van der Waals surface area contributed by atoms with Crippen LogP contribution in [0.3, 0.4) is 0 Å². The van der Waals surface area contributed by atoms with Crippen LogP contribution >= 0.6 is 0 Å². The Balaban J connectivity index is 2.62. The average molecular weight is 187 g/mol. The molecule has 72 valence electrons. The summed E-state index contributed by atoms with van der Waals surface area (Å²) in [5, 5.41) is 4.38. The lowest BCUT2D eigenvalue weighted by Crippen LogP contribution is -1.92. The SMILES string of the molecule is Cc1nn(C)c(C)c1-c1ccncc1. The van der Waals surface area contributed by atoms with Gasteiger partial charge in [-0.3, -0.25) is 9.67 Å². The predicted molar refractivity (Wildman–Crippen MR) is 55.9 cm³/mol. The maximum absolute atomic E-state index is 4.38. The molecule has 2 heterocycles. The van der Waals surface area contributed by atoms with E-state index in [0.717, 1.165) is 5.69 Å². The molecule has 2 aromatic rings. The number of aryl methyl sites for hydroxylation is 2. The normalized spacial score (nSPS) is 10.5. The molecule has 0 saturated carbocycles. The Kier molecular flexibility index (Phi) is 2.08. The van der Waals surface area contributed by atoms with Gasteiger partial charge in [0.05, 0.1) is 5.69 Å². The third kappa shape index (κ3) is 1.31. The Bertz CT molecular complexity index is 443. The molecule has 0 amide bonds. The molecule has 14 heavy (non-hydrogen) atoms. The predicted octanol–water partition coefficient (Wildman–Crippen LogP) is 2.10. The molecule has 3 nitrogen and oxygen atoms in total. The van der Waals surface area contributed by atoms with Crippen LogP contribution in [0.5, 0.6) is 0 Å². The van der Waals surface area contributed by atoms with Gasteiger partial charge in [0, 0.05) is 30.7 Å². The molecule has 2 aromatic heterocycles. The summed E-state index contributed by atoms with van der Waals surface area (Å²) in [7, 11) is 1.97. The van der Waals surface area contributed by atoms with E-state index in [1.54, 1.807) is 12.4 Å². The summed E-state index contributed by atoms with van der Waals surface area (Å²) >= 11 is 0. The number of hydrogen-bond donors (Lipinski definition) is 0. The van der Waals surface area contributed by atoms with Crippen LogP contribution in [-0.2, 0) is 7.05 Å². The van der Waals surface area contributed by atoms with Crippen molar-refractivity contribution in [1.29, 1.82) is 0 Å². The summed E-state index contributed by atoms with van der Waals surface area (Å²) in [5.74, 6) is 0. The molecule has 0 aliphatic carbocycles. The van der Waals surface area contributed by atoms with Crippen molar-refractivity contribution in [2.45, 2.75) is 13.8 Å². The molecule has 0 aliphatic rings. The molecule has 2 rings (SSSR count). The maximum Gasteiger partial charge on any atom is 0.0674 e. The minimum Gasteiger partial charge on any atom is -0.272 e. The van der Waals surface area contributed by atoms with Gasteiger partial charge in [0.25, 0.3) is 0 Å². The first-order chi connectivity index (χ1) is 6.70. The summed E-state index contributed by atoms with van der Waals surface area (Å²) < 4.78 is 1.91. The molecular weight excluding hydrogens is 174 g/mol. The van der Waals surface area contributed by atoms with Crippen LogP contribution in [0.4, 0.5) is 0 Å². The van der Waals surface area contributed by atoms with Gasteiger partial charge in [0.1, 0.15) is 0 Å². The Morgan fingerprint density at radius 3 is 2.29 bits per heavy atom. The van der Waals surface area contributed by atoms with Gasteiger partial charge in [0.15, 0.2) is 0 Å². The number of aromatic nitrogens is 3. The first-order valence-electron chi connectivity index (χ1n) is 4.60. The largest absolute Gasteiger partial charge is 0.272 e. The maximum atomic E-state index is 4.38. The van der Waals surface area contributed by atoms with Gasteiger partial charge in [-0.2, -0.15) is 5.10 Å². The zero-order valence-corrected chi connectivity index (χ0v) is 8.65. The molecule has 0 unspecified atom stereocenters. The third-order valence-corrected chi connectivity index (χ3v) is 2.48. The van der Waals surface area contributed by atoms with E-state index in [4.69, 9.17) is 0 Å². The minimum atomic E-state index is 1.07. The lowest BCUT2D eigenvalue weighted by Gasteiger charge is -2.00. The summed E-state index contributed by atoms with van der Waals surface area (Å²) in [6.07, 6.45) is 3.61. The third-order valence-electron chi connectivity index (χ3n) is 2.48. The molecule has 0 saturated heterocycles. The molecule has 0 aromatic carbocycles. The van der Waals surface area contributed by atoms with Crippen LogP contribution < -0.4 is 0 Å². The molecule has 0 aliphatic heterocycles. The van der Waals surface area contributed by atoms with Crippen molar-refractivity contribution < 1.29 is 0 Å². The topological polar surface area (TPSA) is 30.7 Å². The first kappa shape index (κ1) is 8.94. The lowest BCUT2D eigenvalue weighted by molar-refractivity contribution is 0.731. The Hall–Kier alpha value is -1.64. The molecule has 0 N–H and O–H groups in total. The Morgan fingerprint density at radius 1 is 1.14 bits per heavy atom. The van der Waals surface area contributed by atoms with Crippen molar-refractivity contribution in [2.75, 3.05) is 0 Å². The molecule has 0 atom stereocenters. The van der Waals surface area contributed by atoms with Crippen molar-refractivity contribution in [2.24, 2.45) is 7.05 Å². The van der Waals surface area contributed by atoms with Gasteiger partial charge in [-0.15, -0.1) is 0 Å². The highest BCUT2D eigenvalue weighted by molar-refractivity contribution is 5.67. The zero-order chi connectivity index (χ0) is 10.1. The lowest BCUT2D eigenvalue weighted by atomic mass is 10.1. The molecular formula is C11H13N3. The molecule has 3 heteroatoms.